The smallest absolute Gasteiger partial charge is 0.225 e. The molecule has 0 bridgehead atoms. The van der Waals surface area contributed by atoms with Gasteiger partial charge in [-0.15, -0.1) is 21.5 Å². The molecule has 118 valence electrons. The number of Topliss-reactive ketones (excluding diaryl/α,β-unsaturated/α-hetero) is 1. The second-order valence-corrected chi connectivity index (χ2v) is 6.44. The van der Waals surface area contributed by atoms with E-state index < -0.39 is 0 Å². The van der Waals surface area contributed by atoms with Gasteiger partial charge in [-0.3, -0.25) is 9.59 Å². The van der Waals surface area contributed by atoms with Crippen molar-refractivity contribution < 1.29 is 9.59 Å². The predicted octanol–water partition coefficient (Wildman–Crippen LogP) is 2.54. The lowest BCUT2D eigenvalue weighted by atomic mass is 10.2. The van der Waals surface area contributed by atoms with Crippen LogP contribution in [0.1, 0.15) is 60.8 Å². The van der Waals surface area contributed by atoms with E-state index in [1.807, 2.05) is 30.7 Å². The molecule has 1 atom stereocenters. The summed E-state index contributed by atoms with van der Waals surface area (Å²) in [5.41, 5.74) is 0.852. The van der Waals surface area contributed by atoms with Crippen LogP contribution in [0.4, 0.5) is 0 Å². The van der Waals surface area contributed by atoms with Crippen molar-refractivity contribution in [1.82, 2.24) is 20.1 Å². The van der Waals surface area contributed by atoms with Crippen LogP contribution >= 0.6 is 11.3 Å². The van der Waals surface area contributed by atoms with E-state index in [2.05, 4.69) is 15.5 Å². The van der Waals surface area contributed by atoms with E-state index in [-0.39, 0.29) is 30.2 Å². The Balaban J connectivity index is 1.98. The highest BCUT2D eigenvalue weighted by Crippen LogP contribution is 2.17. The predicted molar refractivity (Wildman–Crippen MR) is 85.0 cm³/mol. The lowest BCUT2D eigenvalue weighted by Gasteiger charge is -2.16. The highest BCUT2D eigenvalue weighted by molar-refractivity contribution is 7.12. The molecule has 7 heteroatoms. The summed E-state index contributed by atoms with van der Waals surface area (Å²) in [6.07, 6.45) is 1.92. The quantitative estimate of drug-likeness (QED) is 0.830. The van der Waals surface area contributed by atoms with E-state index in [0.29, 0.717) is 4.88 Å². The fourth-order valence-corrected chi connectivity index (χ4v) is 2.97. The van der Waals surface area contributed by atoms with Crippen LogP contribution in [0.2, 0.25) is 0 Å². The van der Waals surface area contributed by atoms with E-state index in [9.17, 15) is 9.59 Å². The van der Waals surface area contributed by atoms with Gasteiger partial charge in [0.2, 0.25) is 5.91 Å². The molecule has 2 heterocycles. The third kappa shape index (κ3) is 3.79. The highest BCUT2D eigenvalue weighted by atomic mass is 32.1. The summed E-state index contributed by atoms with van der Waals surface area (Å²) in [7, 11) is 0. The van der Waals surface area contributed by atoms with Gasteiger partial charge in [0.15, 0.2) is 11.6 Å². The van der Waals surface area contributed by atoms with Gasteiger partial charge in [0.25, 0.3) is 0 Å². The van der Waals surface area contributed by atoms with Crippen LogP contribution in [-0.2, 0) is 11.2 Å². The number of aromatic nitrogens is 3. The molecule has 1 N–H and O–H groups in total. The van der Waals surface area contributed by atoms with Crippen LogP contribution in [-0.4, -0.2) is 26.5 Å². The molecular formula is C15H20N4O2S. The third-order valence-electron chi connectivity index (χ3n) is 3.29. The summed E-state index contributed by atoms with van der Waals surface area (Å²) < 4.78 is 1.93. The molecule has 0 aliphatic heterocycles. The number of carbonyl (C=O) groups is 2. The van der Waals surface area contributed by atoms with Gasteiger partial charge in [0.1, 0.15) is 6.33 Å². The molecule has 0 unspecified atom stereocenters. The monoisotopic (exact) mass is 320 g/mol. The number of ketones is 1. The lowest BCUT2D eigenvalue weighted by molar-refractivity contribution is -0.121. The average Bonchev–Trinajstić information content (AvgIpc) is 3.06. The van der Waals surface area contributed by atoms with Crippen molar-refractivity contribution >= 4 is 23.0 Å². The molecule has 22 heavy (non-hydrogen) atoms. The van der Waals surface area contributed by atoms with Gasteiger partial charge in [-0.1, -0.05) is 0 Å². The second kappa shape index (κ2) is 6.83. The van der Waals surface area contributed by atoms with E-state index in [1.165, 1.54) is 18.3 Å². The van der Waals surface area contributed by atoms with Crippen LogP contribution in [0.25, 0.3) is 0 Å². The molecule has 2 rings (SSSR count). The van der Waals surface area contributed by atoms with Gasteiger partial charge >= 0.3 is 0 Å². The number of hydrogen-bond acceptors (Lipinski definition) is 5. The first kappa shape index (κ1) is 16.4. The van der Waals surface area contributed by atoms with E-state index in [1.54, 1.807) is 12.4 Å². The molecular weight excluding hydrogens is 300 g/mol. The Morgan fingerprint density at radius 2 is 2.09 bits per heavy atom. The Hall–Kier alpha value is -2.02. The molecule has 0 saturated carbocycles. The van der Waals surface area contributed by atoms with Crippen molar-refractivity contribution in [3.05, 3.63) is 34.0 Å². The minimum Gasteiger partial charge on any atom is -0.346 e. The van der Waals surface area contributed by atoms with E-state index in [0.717, 1.165) is 11.4 Å². The van der Waals surface area contributed by atoms with Crippen LogP contribution in [0.5, 0.6) is 0 Å². The first-order valence-electron chi connectivity index (χ1n) is 7.15. The van der Waals surface area contributed by atoms with Gasteiger partial charge in [-0.25, -0.2) is 0 Å². The minimum absolute atomic E-state index is 0.0232. The number of rotatable bonds is 6. The number of carbonyl (C=O) groups excluding carboxylic acids is 2. The van der Waals surface area contributed by atoms with Crippen molar-refractivity contribution in [2.24, 2.45) is 0 Å². The van der Waals surface area contributed by atoms with Crippen LogP contribution in [0, 0.1) is 0 Å². The zero-order valence-corrected chi connectivity index (χ0v) is 14.0. The fourth-order valence-electron chi connectivity index (χ4n) is 2.15. The number of thiophene rings is 1. The summed E-state index contributed by atoms with van der Waals surface area (Å²) in [6.45, 7) is 7.48. The summed E-state index contributed by atoms with van der Waals surface area (Å²) in [6, 6.07) is 1.79. The van der Waals surface area contributed by atoms with Gasteiger partial charge in [-0.2, -0.15) is 0 Å². The summed E-state index contributed by atoms with van der Waals surface area (Å²) >= 11 is 1.37. The van der Waals surface area contributed by atoms with Crippen molar-refractivity contribution in [2.45, 2.75) is 46.2 Å². The average molecular weight is 320 g/mol. The Labute approximate surface area is 133 Å². The minimum atomic E-state index is -0.219. The number of nitrogens with zero attached hydrogens (tertiary/aromatic N) is 3. The summed E-state index contributed by atoms with van der Waals surface area (Å²) in [5.74, 6) is 0.659. The third-order valence-corrected chi connectivity index (χ3v) is 4.37. The largest absolute Gasteiger partial charge is 0.346 e. The zero-order valence-electron chi connectivity index (χ0n) is 13.2. The maximum absolute atomic E-state index is 12.1. The second-order valence-electron chi connectivity index (χ2n) is 5.53. The van der Waals surface area contributed by atoms with Crippen LogP contribution in [0.15, 0.2) is 17.8 Å². The summed E-state index contributed by atoms with van der Waals surface area (Å²) in [4.78, 5) is 24.1. The molecule has 2 aromatic heterocycles. The van der Waals surface area contributed by atoms with Gasteiger partial charge in [0.05, 0.1) is 17.3 Å². The molecule has 6 nitrogen and oxygen atoms in total. The maximum atomic E-state index is 12.1. The number of hydrogen-bond donors (Lipinski definition) is 1. The Bertz CT molecular complexity index is 675. The molecule has 0 aromatic carbocycles. The van der Waals surface area contributed by atoms with Gasteiger partial charge in [0, 0.05) is 6.04 Å². The van der Waals surface area contributed by atoms with Crippen molar-refractivity contribution in [1.29, 1.82) is 0 Å². The Kier molecular flexibility index (Phi) is 5.07. The van der Waals surface area contributed by atoms with Crippen LogP contribution in [0.3, 0.4) is 0 Å². The van der Waals surface area contributed by atoms with E-state index in [4.69, 9.17) is 0 Å². The zero-order chi connectivity index (χ0) is 16.3. The SMILES string of the molecule is CC(=O)c1cc(CC(=O)N[C@H](C)c2nncn2C(C)C)cs1. The number of amides is 1. The molecule has 2 aromatic rings. The van der Waals surface area contributed by atoms with Gasteiger partial charge in [-0.05, 0) is 44.7 Å². The number of nitrogens with one attached hydrogen (secondary N) is 1. The maximum Gasteiger partial charge on any atom is 0.225 e. The van der Waals surface area contributed by atoms with Crippen LogP contribution < -0.4 is 5.32 Å². The topological polar surface area (TPSA) is 76.9 Å². The molecule has 0 aliphatic carbocycles. The fraction of sp³-hybridized carbons (Fsp3) is 0.467. The molecule has 0 saturated heterocycles. The van der Waals surface area contributed by atoms with Crippen molar-refractivity contribution in [3.63, 3.8) is 0 Å². The van der Waals surface area contributed by atoms with Gasteiger partial charge < -0.3 is 9.88 Å². The highest BCUT2D eigenvalue weighted by Gasteiger charge is 2.17. The standard InChI is InChI=1S/C15H20N4O2S/c1-9(2)19-8-16-18-15(19)10(3)17-14(21)6-12-5-13(11(4)20)22-7-12/h5,7-10H,6H2,1-4H3,(H,17,21)/t10-/m1/s1. The van der Waals surface area contributed by atoms with Crippen molar-refractivity contribution in [3.8, 4) is 0 Å². The molecule has 0 aliphatic rings. The molecule has 0 radical (unpaired) electrons. The Morgan fingerprint density at radius 1 is 1.36 bits per heavy atom. The first-order valence-corrected chi connectivity index (χ1v) is 8.03. The molecule has 1 amide bonds. The van der Waals surface area contributed by atoms with E-state index >= 15 is 0 Å². The molecule has 0 fully saturated rings. The Morgan fingerprint density at radius 3 is 2.68 bits per heavy atom. The summed E-state index contributed by atoms with van der Waals surface area (Å²) in [5, 5.41) is 12.8. The lowest BCUT2D eigenvalue weighted by Crippen LogP contribution is -2.30. The normalized spacial score (nSPS) is 12.4. The molecule has 0 spiro atoms. The van der Waals surface area contributed by atoms with Crippen molar-refractivity contribution in [2.75, 3.05) is 0 Å². The first-order chi connectivity index (χ1) is 10.4.